The second-order valence-electron chi connectivity index (χ2n) is 4.81. The molecule has 1 amide bonds. The molecule has 1 heterocycles. The molecule has 1 aromatic carbocycles. The number of hydrogen-bond donors (Lipinski definition) is 1. The van der Waals surface area contributed by atoms with E-state index in [9.17, 15) is 4.79 Å². The fourth-order valence-corrected chi connectivity index (χ4v) is 1.74. The van der Waals surface area contributed by atoms with Crippen molar-refractivity contribution in [3.63, 3.8) is 0 Å². The van der Waals surface area contributed by atoms with E-state index in [1.165, 1.54) is 6.08 Å². The molecule has 0 saturated heterocycles. The van der Waals surface area contributed by atoms with Gasteiger partial charge in [-0.2, -0.15) is 5.26 Å². The molecule has 104 valence electrons. The normalized spacial score (nSPS) is 14.3. The molecule has 2 rings (SSSR count). The lowest BCUT2D eigenvalue weighted by atomic mass is 10.1. The monoisotopic (exact) mass is 272 g/mol. The van der Waals surface area contributed by atoms with Crippen LogP contribution in [-0.2, 0) is 4.79 Å². The van der Waals surface area contributed by atoms with E-state index < -0.39 is 6.04 Å². The molecule has 1 unspecified atom stereocenters. The summed E-state index contributed by atoms with van der Waals surface area (Å²) in [5, 5.41) is 11.6. The Kier molecular flexibility index (Phi) is 4.26. The molecule has 0 saturated carbocycles. The first-order valence-electron chi connectivity index (χ1n) is 6.38. The van der Waals surface area contributed by atoms with E-state index in [1.807, 2.05) is 19.9 Å². The van der Waals surface area contributed by atoms with Crippen molar-refractivity contribution in [1.82, 2.24) is 5.32 Å². The number of carbonyl (C=O) groups excluding carboxylic acids is 1. The number of benzene rings is 1. The van der Waals surface area contributed by atoms with Crippen LogP contribution in [-0.4, -0.2) is 18.7 Å². The SMILES string of the molecule is CC(C)C(C#N)NC(=O)C=Cc1ccc2c(c1)OCO2. The number of nitrogens with zero attached hydrogens (tertiary/aromatic N) is 1. The minimum Gasteiger partial charge on any atom is -0.454 e. The van der Waals surface area contributed by atoms with Crippen molar-refractivity contribution >= 4 is 12.0 Å². The number of amides is 1. The number of nitrogens with one attached hydrogen (secondary N) is 1. The Hall–Kier alpha value is -2.48. The first-order chi connectivity index (χ1) is 9.60. The van der Waals surface area contributed by atoms with Crippen LogP contribution in [0.4, 0.5) is 0 Å². The molecule has 0 bridgehead atoms. The minimum absolute atomic E-state index is 0.0721. The van der Waals surface area contributed by atoms with Crippen molar-refractivity contribution in [1.29, 1.82) is 5.26 Å². The van der Waals surface area contributed by atoms with Gasteiger partial charge in [-0.05, 0) is 29.7 Å². The van der Waals surface area contributed by atoms with Gasteiger partial charge in [0.25, 0.3) is 0 Å². The second kappa shape index (κ2) is 6.11. The summed E-state index contributed by atoms with van der Waals surface area (Å²) in [5.41, 5.74) is 0.836. The van der Waals surface area contributed by atoms with Crippen LogP contribution in [0.5, 0.6) is 11.5 Å². The molecule has 1 aromatic rings. The van der Waals surface area contributed by atoms with Crippen molar-refractivity contribution in [2.45, 2.75) is 19.9 Å². The molecule has 0 aliphatic carbocycles. The topological polar surface area (TPSA) is 71.4 Å². The lowest BCUT2D eigenvalue weighted by molar-refractivity contribution is -0.117. The first kappa shape index (κ1) is 13.9. The van der Waals surface area contributed by atoms with Gasteiger partial charge in [0, 0.05) is 6.08 Å². The van der Waals surface area contributed by atoms with Gasteiger partial charge in [-0.3, -0.25) is 4.79 Å². The minimum atomic E-state index is -0.482. The number of rotatable bonds is 4. The average Bonchev–Trinajstić information content (AvgIpc) is 2.89. The fraction of sp³-hybridized carbons (Fsp3) is 0.333. The molecule has 0 aromatic heterocycles. The van der Waals surface area contributed by atoms with Crippen molar-refractivity contribution < 1.29 is 14.3 Å². The summed E-state index contributed by atoms with van der Waals surface area (Å²) in [7, 11) is 0. The van der Waals surface area contributed by atoms with E-state index in [4.69, 9.17) is 14.7 Å². The number of nitriles is 1. The molecule has 1 N–H and O–H groups in total. The van der Waals surface area contributed by atoms with Gasteiger partial charge in [-0.25, -0.2) is 0 Å². The van der Waals surface area contributed by atoms with E-state index in [0.717, 1.165) is 5.56 Å². The van der Waals surface area contributed by atoms with Crippen molar-refractivity contribution in [3.05, 3.63) is 29.8 Å². The molecular formula is C15H16N2O3. The summed E-state index contributed by atoms with van der Waals surface area (Å²) >= 11 is 0. The van der Waals surface area contributed by atoms with Gasteiger partial charge in [-0.15, -0.1) is 0 Å². The van der Waals surface area contributed by atoms with E-state index in [2.05, 4.69) is 11.4 Å². The van der Waals surface area contributed by atoms with Crippen LogP contribution in [0.25, 0.3) is 6.08 Å². The summed E-state index contributed by atoms with van der Waals surface area (Å²) in [6.07, 6.45) is 3.08. The van der Waals surface area contributed by atoms with Crippen LogP contribution in [0.15, 0.2) is 24.3 Å². The summed E-state index contributed by atoms with van der Waals surface area (Å²) in [6.45, 7) is 3.99. The van der Waals surface area contributed by atoms with Crippen molar-refractivity contribution in [2.24, 2.45) is 5.92 Å². The van der Waals surface area contributed by atoms with Crippen LogP contribution >= 0.6 is 0 Å². The Labute approximate surface area is 117 Å². The maximum Gasteiger partial charge on any atom is 0.245 e. The Morgan fingerprint density at radius 1 is 1.40 bits per heavy atom. The van der Waals surface area contributed by atoms with Crippen LogP contribution in [0.2, 0.25) is 0 Å². The highest BCUT2D eigenvalue weighted by Crippen LogP contribution is 2.32. The van der Waals surface area contributed by atoms with Gasteiger partial charge < -0.3 is 14.8 Å². The quantitative estimate of drug-likeness (QED) is 0.852. The highest BCUT2D eigenvalue weighted by Gasteiger charge is 2.14. The van der Waals surface area contributed by atoms with Crippen LogP contribution < -0.4 is 14.8 Å². The largest absolute Gasteiger partial charge is 0.454 e. The fourth-order valence-electron chi connectivity index (χ4n) is 1.74. The maximum atomic E-state index is 11.7. The van der Waals surface area contributed by atoms with E-state index >= 15 is 0 Å². The number of fused-ring (bicyclic) bond motifs is 1. The van der Waals surface area contributed by atoms with Gasteiger partial charge in [0.1, 0.15) is 6.04 Å². The third-order valence-electron chi connectivity index (χ3n) is 2.93. The highest BCUT2D eigenvalue weighted by molar-refractivity contribution is 5.92. The Balaban J connectivity index is 1.99. The predicted octanol–water partition coefficient (Wildman–Crippen LogP) is 2.09. The Bertz CT molecular complexity index is 573. The molecule has 5 nitrogen and oxygen atoms in total. The molecule has 20 heavy (non-hydrogen) atoms. The lowest BCUT2D eigenvalue weighted by Gasteiger charge is -2.13. The summed E-state index contributed by atoms with van der Waals surface area (Å²) < 4.78 is 10.5. The molecule has 1 atom stereocenters. The van der Waals surface area contributed by atoms with Crippen molar-refractivity contribution in [3.8, 4) is 17.6 Å². The van der Waals surface area contributed by atoms with E-state index in [1.54, 1.807) is 18.2 Å². The van der Waals surface area contributed by atoms with Crippen LogP contribution in [0.3, 0.4) is 0 Å². The van der Waals surface area contributed by atoms with E-state index in [-0.39, 0.29) is 18.6 Å². The third-order valence-corrected chi connectivity index (χ3v) is 2.93. The molecule has 5 heteroatoms. The first-order valence-corrected chi connectivity index (χ1v) is 6.38. The zero-order valence-electron chi connectivity index (χ0n) is 11.4. The summed E-state index contributed by atoms with van der Waals surface area (Å²) in [6, 6.07) is 7.01. The van der Waals surface area contributed by atoms with Gasteiger partial charge in [0.2, 0.25) is 12.7 Å². The predicted molar refractivity (Wildman–Crippen MR) is 74.0 cm³/mol. The van der Waals surface area contributed by atoms with E-state index in [0.29, 0.717) is 11.5 Å². The number of ether oxygens (including phenoxy) is 2. The zero-order chi connectivity index (χ0) is 14.5. The molecular weight excluding hydrogens is 256 g/mol. The average molecular weight is 272 g/mol. The Morgan fingerprint density at radius 3 is 2.85 bits per heavy atom. The molecule has 0 spiro atoms. The second-order valence-corrected chi connectivity index (χ2v) is 4.81. The van der Waals surface area contributed by atoms with Gasteiger partial charge in [-0.1, -0.05) is 19.9 Å². The van der Waals surface area contributed by atoms with Crippen LogP contribution in [0, 0.1) is 17.2 Å². The molecule has 1 aliphatic rings. The molecule has 0 fully saturated rings. The lowest BCUT2D eigenvalue weighted by Crippen LogP contribution is -2.36. The van der Waals surface area contributed by atoms with Gasteiger partial charge >= 0.3 is 0 Å². The molecule has 1 aliphatic heterocycles. The maximum absolute atomic E-state index is 11.7. The smallest absolute Gasteiger partial charge is 0.245 e. The van der Waals surface area contributed by atoms with Crippen LogP contribution in [0.1, 0.15) is 19.4 Å². The van der Waals surface area contributed by atoms with Crippen molar-refractivity contribution in [2.75, 3.05) is 6.79 Å². The Morgan fingerprint density at radius 2 is 2.15 bits per heavy atom. The number of carbonyl (C=O) groups is 1. The van der Waals surface area contributed by atoms with Gasteiger partial charge in [0.05, 0.1) is 6.07 Å². The third kappa shape index (κ3) is 3.29. The standard InChI is InChI=1S/C15H16N2O3/c1-10(2)12(8-16)17-15(18)6-4-11-3-5-13-14(7-11)20-9-19-13/h3-7,10,12H,9H2,1-2H3,(H,17,18). The molecule has 0 radical (unpaired) electrons. The highest BCUT2D eigenvalue weighted by atomic mass is 16.7. The summed E-state index contributed by atoms with van der Waals surface area (Å²) in [4.78, 5) is 11.7. The zero-order valence-corrected chi connectivity index (χ0v) is 11.4. The summed E-state index contributed by atoms with van der Waals surface area (Å²) in [5.74, 6) is 1.16. The number of hydrogen-bond acceptors (Lipinski definition) is 4. The van der Waals surface area contributed by atoms with Gasteiger partial charge in [0.15, 0.2) is 11.5 Å².